The molecule has 0 spiro atoms. The Morgan fingerprint density at radius 1 is 0.414 bits per heavy atom. The van der Waals surface area contributed by atoms with Crippen molar-refractivity contribution in [2.75, 3.05) is 0 Å². The highest BCUT2D eigenvalue weighted by Gasteiger charge is 2.31. The molecule has 146 valence electrons. The molecule has 4 aromatic rings. The Bertz CT molecular complexity index is 869. The van der Waals surface area contributed by atoms with Crippen molar-refractivity contribution in [1.29, 1.82) is 0 Å². The summed E-state index contributed by atoms with van der Waals surface area (Å²) in [4.78, 5) is 0. The lowest BCUT2D eigenvalue weighted by atomic mass is 9.71. The average Bonchev–Trinajstić information content (AvgIpc) is 2.76. The minimum atomic E-state index is -0.477. The van der Waals surface area contributed by atoms with Crippen molar-refractivity contribution < 1.29 is 15.3 Å². The summed E-state index contributed by atoms with van der Waals surface area (Å²) in [5, 5.41) is 28.7. The molecule has 3 N–H and O–H groups in total. The number of hydrogen-bond acceptors (Lipinski definition) is 3. The maximum atomic E-state index is 9.57. The van der Waals surface area contributed by atoms with Crippen LogP contribution in [-0.2, 0) is 5.41 Å². The first-order chi connectivity index (χ1) is 14.0. The summed E-state index contributed by atoms with van der Waals surface area (Å²) in [6.45, 7) is 2.08. The van der Waals surface area contributed by atoms with Crippen molar-refractivity contribution in [2.45, 2.75) is 12.3 Å². The third-order valence-electron chi connectivity index (χ3n) is 5.00. The van der Waals surface area contributed by atoms with Gasteiger partial charge in [0.1, 0.15) is 17.2 Å². The monoisotopic (exact) mass is 384 g/mol. The van der Waals surface area contributed by atoms with E-state index < -0.39 is 5.41 Å². The Morgan fingerprint density at radius 3 is 0.828 bits per heavy atom. The lowest BCUT2D eigenvalue weighted by Gasteiger charge is -2.32. The third-order valence-corrected chi connectivity index (χ3v) is 5.00. The molecule has 0 aliphatic carbocycles. The highest BCUT2D eigenvalue weighted by Crippen LogP contribution is 2.40. The predicted molar refractivity (Wildman–Crippen MR) is 116 cm³/mol. The van der Waals surface area contributed by atoms with Crippen molar-refractivity contribution >= 4 is 0 Å². The molecule has 4 rings (SSSR count). The van der Waals surface area contributed by atoms with Gasteiger partial charge in [-0.3, -0.25) is 0 Å². The van der Waals surface area contributed by atoms with Crippen molar-refractivity contribution in [3.8, 4) is 17.2 Å². The van der Waals surface area contributed by atoms with Gasteiger partial charge in [-0.2, -0.15) is 0 Å². The largest absolute Gasteiger partial charge is 0.508 e. The summed E-state index contributed by atoms with van der Waals surface area (Å²) < 4.78 is 0. The van der Waals surface area contributed by atoms with Gasteiger partial charge >= 0.3 is 0 Å². The SMILES string of the molecule is CC(c1ccc(O)cc1)(c1ccc(O)cc1)c1ccc(O)cc1.c1ccccc1. The van der Waals surface area contributed by atoms with Gasteiger partial charge in [0.05, 0.1) is 0 Å². The molecule has 0 saturated heterocycles. The van der Waals surface area contributed by atoms with E-state index in [0.29, 0.717) is 0 Å². The van der Waals surface area contributed by atoms with E-state index in [1.54, 1.807) is 36.4 Å². The van der Waals surface area contributed by atoms with Crippen LogP contribution >= 0.6 is 0 Å². The number of phenols is 3. The van der Waals surface area contributed by atoms with Crippen molar-refractivity contribution in [2.24, 2.45) is 0 Å². The molecular weight excluding hydrogens is 360 g/mol. The van der Waals surface area contributed by atoms with Gasteiger partial charge in [0.15, 0.2) is 0 Å². The van der Waals surface area contributed by atoms with Gasteiger partial charge in [-0.25, -0.2) is 0 Å². The van der Waals surface area contributed by atoms with Crippen LogP contribution in [0.1, 0.15) is 23.6 Å². The normalized spacial score (nSPS) is 10.7. The fourth-order valence-electron chi connectivity index (χ4n) is 3.27. The van der Waals surface area contributed by atoms with Crippen LogP contribution in [0.5, 0.6) is 17.2 Å². The molecule has 0 amide bonds. The van der Waals surface area contributed by atoms with Crippen LogP contribution in [-0.4, -0.2) is 15.3 Å². The van der Waals surface area contributed by atoms with E-state index in [4.69, 9.17) is 0 Å². The molecule has 0 radical (unpaired) electrons. The highest BCUT2D eigenvalue weighted by molar-refractivity contribution is 5.51. The van der Waals surface area contributed by atoms with Crippen LogP contribution in [0.3, 0.4) is 0 Å². The predicted octanol–water partition coefficient (Wildman–Crippen LogP) is 5.84. The maximum absolute atomic E-state index is 9.57. The van der Waals surface area contributed by atoms with Gasteiger partial charge in [0.25, 0.3) is 0 Å². The maximum Gasteiger partial charge on any atom is 0.115 e. The van der Waals surface area contributed by atoms with Gasteiger partial charge < -0.3 is 15.3 Å². The zero-order valence-corrected chi connectivity index (χ0v) is 16.2. The average molecular weight is 384 g/mol. The molecule has 3 heteroatoms. The second kappa shape index (κ2) is 8.98. The second-order valence-corrected chi connectivity index (χ2v) is 6.92. The van der Waals surface area contributed by atoms with Gasteiger partial charge in [0, 0.05) is 5.41 Å². The van der Waals surface area contributed by atoms with Crippen LogP contribution in [0, 0.1) is 0 Å². The number of benzene rings is 4. The van der Waals surface area contributed by atoms with E-state index in [2.05, 4.69) is 6.92 Å². The minimum Gasteiger partial charge on any atom is -0.508 e. The molecule has 0 bridgehead atoms. The molecular formula is C26H24O3. The molecule has 0 aliphatic heterocycles. The third kappa shape index (κ3) is 4.77. The van der Waals surface area contributed by atoms with E-state index in [0.717, 1.165) is 16.7 Å². The Labute approximate surface area is 171 Å². The summed E-state index contributed by atoms with van der Waals surface area (Å²) in [6.07, 6.45) is 0. The van der Waals surface area contributed by atoms with Gasteiger partial charge in [-0.1, -0.05) is 72.8 Å². The number of hydrogen-bond donors (Lipinski definition) is 3. The van der Waals surface area contributed by atoms with Crippen LogP contribution in [0.15, 0.2) is 109 Å². The van der Waals surface area contributed by atoms with Crippen LogP contribution in [0.4, 0.5) is 0 Å². The molecule has 4 aromatic carbocycles. The lowest BCUT2D eigenvalue weighted by molar-refractivity contribution is 0.474. The Morgan fingerprint density at radius 2 is 0.621 bits per heavy atom. The summed E-state index contributed by atoms with van der Waals surface area (Å²) in [7, 11) is 0. The highest BCUT2D eigenvalue weighted by atomic mass is 16.3. The first-order valence-corrected chi connectivity index (χ1v) is 9.38. The molecule has 29 heavy (non-hydrogen) atoms. The van der Waals surface area contributed by atoms with Gasteiger partial charge in [-0.05, 0) is 60.0 Å². The zero-order chi connectivity index (χ0) is 20.7. The zero-order valence-electron chi connectivity index (χ0n) is 16.2. The molecule has 3 nitrogen and oxygen atoms in total. The first kappa shape index (κ1) is 20.0. The topological polar surface area (TPSA) is 60.7 Å². The molecule has 0 aromatic heterocycles. The van der Waals surface area contributed by atoms with E-state index in [1.165, 1.54) is 0 Å². The molecule has 0 heterocycles. The van der Waals surface area contributed by atoms with Crippen LogP contribution < -0.4 is 0 Å². The Balaban J connectivity index is 0.000000343. The molecule has 0 aliphatic rings. The van der Waals surface area contributed by atoms with Crippen molar-refractivity contribution in [3.05, 3.63) is 126 Å². The van der Waals surface area contributed by atoms with Crippen LogP contribution in [0.25, 0.3) is 0 Å². The molecule has 0 unspecified atom stereocenters. The van der Waals surface area contributed by atoms with Crippen molar-refractivity contribution in [3.63, 3.8) is 0 Å². The Hall–Kier alpha value is -3.72. The standard InChI is InChI=1S/C20H18O3.C6H6/c1-20(14-2-8-17(21)9-3-14,15-4-10-18(22)11-5-15)16-6-12-19(23)13-7-16;1-2-4-6-5-3-1/h2-13,21-23H,1H3;1-6H. The second-order valence-electron chi connectivity index (χ2n) is 6.92. The molecule has 0 saturated carbocycles. The summed E-state index contributed by atoms with van der Waals surface area (Å²) in [6, 6.07) is 33.3. The number of phenolic OH excluding ortho intramolecular Hbond substituents is 3. The lowest BCUT2D eigenvalue weighted by Crippen LogP contribution is -2.25. The summed E-state index contributed by atoms with van der Waals surface area (Å²) >= 11 is 0. The first-order valence-electron chi connectivity index (χ1n) is 9.38. The summed E-state index contributed by atoms with van der Waals surface area (Å²) in [5.74, 6) is 0.646. The van der Waals surface area contributed by atoms with E-state index in [-0.39, 0.29) is 17.2 Å². The van der Waals surface area contributed by atoms with Crippen LogP contribution in [0.2, 0.25) is 0 Å². The van der Waals surface area contributed by atoms with E-state index in [9.17, 15) is 15.3 Å². The molecule has 0 atom stereocenters. The summed E-state index contributed by atoms with van der Waals surface area (Å²) in [5.41, 5.74) is 2.54. The quantitative estimate of drug-likeness (QED) is 0.389. The van der Waals surface area contributed by atoms with E-state index in [1.807, 2.05) is 72.8 Å². The smallest absolute Gasteiger partial charge is 0.115 e. The number of aromatic hydroxyl groups is 3. The van der Waals surface area contributed by atoms with Crippen molar-refractivity contribution in [1.82, 2.24) is 0 Å². The fourth-order valence-corrected chi connectivity index (χ4v) is 3.27. The fraction of sp³-hybridized carbons (Fsp3) is 0.0769. The van der Waals surface area contributed by atoms with Gasteiger partial charge in [-0.15, -0.1) is 0 Å². The number of rotatable bonds is 3. The molecule has 0 fully saturated rings. The minimum absolute atomic E-state index is 0.215. The van der Waals surface area contributed by atoms with E-state index >= 15 is 0 Å². The Kier molecular flexibility index (Phi) is 6.20. The van der Waals surface area contributed by atoms with Gasteiger partial charge in [0.2, 0.25) is 0 Å².